The van der Waals surface area contributed by atoms with Crippen molar-refractivity contribution in [3.05, 3.63) is 100 Å². The summed E-state index contributed by atoms with van der Waals surface area (Å²) in [4.78, 5) is 16.7. The second kappa shape index (κ2) is 6.26. The zero-order valence-corrected chi connectivity index (χ0v) is 15.8. The number of allylic oxidation sites excluding steroid dienone is 1. The predicted octanol–water partition coefficient (Wildman–Crippen LogP) is 5.29. The Balaban J connectivity index is 2.09. The van der Waals surface area contributed by atoms with Crippen LogP contribution in [0.1, 0.15) is 27.5 Å². The van der Waals surface area contributed by atoms with Gasteiger partial charge in [0, 0.05) is 23.5 Å². The summed E-state index contributed by atoms with van der Waals surface area (Å²) in [6.07, 6.45) is 1.93. The Hall–Kier alpha value is -2.65. The molecule has 1 aliphatic heterocycles. The molecule has 0 saturated carbocycles. The van der Waals surface area contributed by atoms with Crippen LogP contribution in [0.2, 0.25) is 0 Å². The van der Waals surface area contributed by atoms with E-state index in [1.54, 1.807) is 16.2 Å². The zero-order chi connectivity index (χ0) is 18.3. The van der Waals surface area contributed by atoms with Crippen molar-refractivity contribution < 1.29 is 4.79 Å². The fraction of sp³-hybridized carbons (Fsp3) is 0.174. The van der Waals surface area contributed by atoms with Crippen molar-refractivity contribution in [1.82, 2.24) is 0 Å². The van der Waals surface area contributed by atoms with Crippen molar-refractivity contribution in [3.63, 3.8) is 0 Å². The van der Waals surface area contributed by atoms with E-state index < -0.39 is 5.41 Å². The quantitative estimate of drug-likeness (QED) is 0.580. The van der Waals surface area contributed by atoms with Gasteiger partial charge in [0.15, 0.2) is 0 Å². The number of rotatable bonds is 4. The van der Waals surface area contributed by atoms with Crippen molar-refractivity contribution in [2.75, 3.05) is 11.9 Å². The monoisotopic (exact) mass is 359 g/mol. The molecule has 0 radical (unpaired) electrons. The number of thiophene rings is 1. The molecule has 2 aromatic carbocycles. The molecule has 0 fully saturated rings. The lowest BCUT2D eigenvalue weighted by Crippen LogP contribution is -2.43. The maximum absolute atomic E-state index is 13.8. The zero-order valence-electron chi connectivity index (χ0n) is 15.0. The van der Waals surface area contributed by atoms with Gasteiger partial charge in [-0.15, -0.1) is 17.9 Å². The number of carbonyl (C=O) groups is 1. The predicted molar refractivity (Wildman–Crippen MR) is 109 cm³/mol. The summed E-state index contributed by atoms with van der Waals surface area (Å²) < 4.78 is 0. The number of likely N-dealkylation sites (N-methyl/N-ethyl adjacent to an activating group) is 1. The molecule has 0 saturated heterocycles. The summed E-state index contributed by atoms with van der Waals surface area (Å²) in [5, 5.41) is 2.08. The van der Waals surface area contributed by atoms with Crippen LogP contribution < -0.4 is 4.90 Å². The van der Waals surface area contributed by atoms with Crippen LogP contribution in [0.5, 0.6) is 0 Å². The third kappa shape index (κ3) is 2.14. The molecule has 0 N–H and O–H groups in total. The SMILES string of the molecule is C=CC(c1ccccc1)C1(c2sccc2C)C(=O)N(C)c2ccccc21. The van der Waals surface area contributed by atoms with Crippen LogP contribution >= 0.6 is 11.3 Å². The van der Waals surface area contributed by atoms with Gasteiger partial charge in [0.05, 0.1) is 0 Å². The first-order valence-corrected chi connectivity index (χ1v) is 9.60. The topological polar surface area (TPSA) is 20.3 Å². The molecule has 1 aromatic heterocycles. The minimum atomic E-state index is -0.771. The number of para-hydroxylation sites is 1. The standard InChI is InChI=1S/C23H21NOS/c1-4-18(17-10-6-5-7-11-17)23(21-16(2)14-15-26-21)19-12-8-9-13-20(19)24(3)22(23)25/h4-15,18H,1H2,2-3H3. The number of hydrogen-bond donors (Lipinski definition) is 0. The first kappa shape index (κ1) is 16.8. The molecule has 2 unspecified atom stereocenters. The van der Waals surface area contributed by atoms with Crippen LogP contribution in [0.15, 0.2) is 78.7 Å². The van der Waals surface area contributed by atoms with Crippen LogP contribution in [-0.4, -0.2) is 13.0 Å². The highest BCUT2D eigenvalue weighted by atomic mass is 32.1. The Kier molecular flexibility index (Phi) is 4.04. The maximum atomic E-state index is 13.8. The van der Waals surface area contributed by atoms with E-state index in [0.717, 1.165) is 27.3 Å². The van der Waals surface area contributed by atoms with E-state index in [-0.39, 0.29) is 11.8 Å². The summed E-state index contributed by atoms with van der Waals surface area (Å²) in [5.74, 6) is -0.0300. The first-order valence-electron chi connectivity index (χ1n) is 8.72. The number of benzene rings is 2. The van der Waals surface area contributed by atoms with E-state index >= 15 is 0 Å². The third-order valence-electron chi connectivity index (χ3n) is 5.41. The summed E-state index contributed by atoms with van der Waals surface area (Å²) in [7, 11) is 1.87. The molecular weight excluding hydrogens is 338 g/mol. The van der Waals surface area contributed by atoms with Crippen molar-refractivity contribution in [2.45, 2.75) is 18.3 Å². The van der Waals surface area contributed by atoms with E-state index in [1.165, 1.54) is 0 Å². The molecule has 3 aromatic rings. The van der Waals surface area contributed by atoms with Crippen molar-refractivity contribution >= 4 is 22.9 Å². The summed E-state index contributed by atoms with van der Waals surface area (Å²) in [6.45, 7) is 6.22. The van der Waals surface area contributed by atoms with Crippen molar-refractivity contribution in [1.29, 1.82) is 0 Å². The number of amides is 1. The Bertz CT molecular complexity index is 975. The Labute approximate surface area is 158 Å². The van der Waals surface area contributed by atoms with Crippen molar-refractivity contribution in [2.24, 2.45) is 0 Å². The third-order valence-corrected chi connectivity index (χ3v) is 6.57. The second-order valence-electron chi connectivity index (χ2n) is 6.75. The molecule has 0 bridgehead atoms. The molecule has 4 rings (SSSR count). The van der Waals surface area contributed by atoms with E-state index in [0.29, 0.717) is 0 Å². The van der Waals surface area contributed by atoms with Crippen LogP contribution in [0.25, 0.3) is 0 Å². The van der Waals surface area contributed by atoms with Gasteiger partial charge < -0.3 is 4.90 Å². The second-order valence-corrected chi connectivity index (χ2v) is 7.66. The molecule has 3 heteroatoms. The average Bonchev–Trinajstić information content (AvgIpc) is 3.19. The van der Waals surface area contributed by atoms with E-state index in [4.69, 9.17) is 0 Å². The average molecular weight is 359 g/mol. The van der Waals surface area contributed by atoms with E-state index in [1.807, 2.05) is 49.5 Å². The largest absolute Gasteiger partial charge is 0.314 e. The van der Waals surface area contributed by atoms with Gasteiger partial charge in [0.1, 0.15) is 5.41 Å². The lowest BCUT2D eigenvalue weighted by atomic mass is 9.66. The van der Waals surface area contributed by atoms with Gasteiger partial charge in [-0.2, -0.15) is 0 Å². The smallest absolute Gasteiger partial charge is 0.243 e. The van der Waals surface area contributed by atoms with E-state index in [2.05, 4.69) is 43.1 Å². The summed E-state index contributed by atoms with van der Waals surface area (Å²) in [6, 6.07) is 20.5. The van der Waals surface area contributed by atoms with Gasteiger partial charge in [-0.1, -0.05) is 54.6 Å². The molecule has 26 heavy (non-hydrogen) atoms. The maximum Gasteiger partial charge on any atom is 0.243 e. The lowest BCUT2D eigenvalue weighted by Gasteiger charge is -2.35. The number of anilines is 1. The number of nitrogens with zero attached hydrogens (tertiary/aromatic N) is 1. The molecule has 0 spiro atoms. The highest BCUT2D eigenvalue weighted by Crippen LogP contribution is 2.55. The van der Waals surface area contributed by atoms with Gasteiger partial charge in [-0.25, -0.2) is 0 Å². The van der Waals surface area contributed by atoms with E-state index in [9.17, 15) is 4.79 Å². The lowest BCUT2D eigenvalue weighted by molar-refractivity contribution is -0.121. The van der Waals surface area contributed by atoms with Crippen LogP contribution in [0.4, 0.5) is 5.69 Å². The first-order chi connectivity index (χ1) is 12.6. The van der Waals surface area contributed by atoms with Crippen LogP contribution in [-0.2, 0) is 10.2 Å². The van der Waals surface area contributed by atoms with Gasteiger partial charge in [0.2, 0.25) is 5.91 Å². The minimum absolute atomic E-state index is 0.109. The normalized spacial score (nSPS) is 20.1. The van der Waals surface area contributed by atoms with Gasteiger partial charge >= 0.3 is 0 Å². The fourth-order valence-electron chi connectivity index (χ4n) is 4.25. The Morgan fingerprint density at radius 1 is 1.08 bits per heavy atom. The number of aryl methyl sites for hydroxylation is 1. The van der Waals surface area contributed by atoms with Crippen molar-refractivity contribution in [3.8, 4) is 0 Å². The van der Waals surface area contributed by atoms with Gasteiger partial charge in [-0.3, -0.25) is 4.79 Å². The molecule has 2 heterocycles. The molecular formula is C23H21NOS. The minimum Gasteiger partial charge on any atom is -0.314 e. The highest BCUT2D eigenvalue weighted by Gasteiger charge is 2.56. The molecule has 0 aliphatic carbocycles. The Morgan fingerprint density at radius 2 is 1.77 bits per heavy atom. The summed E-state index contributed by atoms with van der Waals surface area (Å²) >= 11 is 1.66. The fourth-order valence-corrected chi connectivity index (χ4v) is 5.42. The molecule has 130 valence electrons. The number of fused-ring (bicyclic) bond motifs is 1. The highest BCUT2D eigenvalue weighted by molar-refractivity contribution is 7.10. The molecule has 1 aliphatic rings. The number of carbonyl (C=O) groups excluding carboxylic acids is 1. The van der Waals surface area contributed by atoms with Gasteiger partial charge in [0.25, 0.3) is 0 Å². The Morgan fingerprint density at radius 3 is 2.42 bits per heavy atom. The number of hydrogen-bond acceptors (Lipinski definition) is 2. The molecule has 2 atom stereocenters. The van der Waals surface area contributed by atoms with Gasteiger partial charge in [-0.05, 0) is 41.1 Å². The molecule has 2 nitrogen and oxygen atoms in total. The summed E-state index contributed by atoms with van der Waals surface area (Å²) in [5.41, 5.74) is 3.53. The molecule has 1 amide bonds. The van der Waals surface area contributed by atoms with Crippen LogP contribution in [0, 0.1) is 6.92 Å². The van der Waals surface area contributed by atoms with Crippen LogP contribution in [0.3, 0.4) is 0 Å².